The number of nitrogens with zero attached hydrogens (tertiary/aromatic N) is 1. The number of benzene rings is 1. The molecule has 0 amide bonds. The van der Waals surface area contributed by atoms with E-state index in [4.69, 9.17) is 10.00 Å². The van der Waals surface area contributed by atoms with Gasteiger partial charge in [0.1, 0.15) is 0 Å². The van der Waals surface area contributed by atoms with Crippen LogP contribution < -0.4 is 4.74 Å². The topological polar surface area (TPSA) is 33.0 Å². The highest BCUT2D eigenvalue weighted by Gasteiger charge is 2.20. The zero-order valence-corrected chi connectivity index (χ0v) is 8.47. The van der Waals surface area contributed by atoms with E-state index in [9.17, 15) is 4.39 Å². The fraction of sp³-hybridized carbons (Fsp3) is 0.364. The van der Waals surface area contributed by atoms with Crippen LogP contribution in [0, 0.1) is 17.1 Å². The van der Waals surface area contributed by atoms with E-state index in [1.54, 1.807) is 19.9 Å². The Kier molecular flexibility index (Phi) is 2.76. The number of nitriles is 1. The molecule has 0 N–H and O–H groups in total. The van der Waals surface area contributed by atoms with Gasteiger partial charge in [-0.1, -0.05) is 6.07 Å². The van der Waals surface area contributed by atoms with Gasteiger partial charge in [0.15, 0.2) is 11.6 Å². The van der Waals surface area contributed by atoms with Crippen molar-refractivity contribution in [3.63, 3.8) is 0 Å². The fourth-order valence-electron chi connectivity index (χ4n) is 1.12. The molecule has 0 fully saturated rings. The first-order chi connectivity index (χ1) is 6.51. The Morgan fingerprint density at radius 2 is 2.07 bits per heavy atom. The van der Waals surface area contributed by atoms with Crippen molar-refractivity contribution in [2.75, 3.05) is 7.11 Å². The molecule has 0 aliphatic heterocycles. The number of methoxy groups -OCH3 is 1. The van der Waals surface area contributed by atoms with Crippen LogP contribution in [0.3, 0.4) is 0 Å². The average molecular weight is 193 g/mol. The van der Waals surface area contributed by atoms with Crippen LogP contribution in [0.5, 0.6) is 5.75 Å². The SMILES string of the molecule is COc1ccc(C(C)(C)C#N)cc1F. The van der Waals surface area contributed by atoms with Crippen molar-refractivity contribution in [3.8, 4) is 11.8 Å². The third kappa shape index (κ3) is 1.85. The van der Waals surface area contributed by atoms with Crippen molar-refractivity contribution in [2.45, 2.75) is 19.3 Å². The van der Waals surface area contributed by atoms with Crippen molar-refractivity contribution >= 4 is 0 Å². The number of halogens is 1. The highest BCUT2D eigenvalue weighted by molar-refractivity contribution is 5.36. The summed E-state index contributed by atoms with van der Waals surface area (Å²) < 4.78 is 18.1. The van der Waals surface area contributed by atoms with E-state index < -0.39 is 11.2 Å². The molecule has 14 heavy (non-hydrogen) atoms. The Balaban J connectivity index is 3.17. The lowest BCUT2D eigenvalue weighted by Gasteiger charge is -2.16. The summed E-state index contributed by atoms with van der Waals surface area (Å²) in [4.78, 5) is 0. The Morgan fingerprint density at radius 1 is 1.43 bits per heavy atom. The lowest BCUT2D eigenvalue weighted by atomic mass is 9.86. The molecule has 0 aliphatic carbocycles. The Hall–Kier alpha value is -1.56. The summed E-state index contributed by atoms with van der Waals surface area (Å²) in [5.74, 6) is -0.240. The van der Waals surface area contributed by atoms with Crippen LogP contribution in [0.25, 0.3) is 0 Å². The van der Waals surface area contributed by atoms with E-state index in [1.165, 1.54) is 19.2 Å². The summed E-state index contributed by atoms with van der Waals surface area (Å²) in [6, 6.07) is 6.68. The molecule has 3 heteroatoms. The molecule has 2 nitrogen and oxygen atoms in total. The summed E-state index contributed by atoms with van der Waals surface area (Å²) in [7, 11) is 1.41. The van der Waals surface area contributed by atoms with Crippen LogP contribution in [-0.2, 0) is 5.41 Å². The molecule has 0 atom stereocenters. The first kappa shape index (κ1) is 10.5. The zero-order valence-electron chi connectivity index (χ0n) is 8.47. The van der Waals surface area contributed by atoms with E-state index in [2.05, 4.69) is 6.07 Å². The van der Waals surface area contributed by atoms with Gasteiger partial charge in [-0.05, 0) is 31.5 Å². The van der Waals surface area contributed by atoms with E-state index in [1.807, 2.05) is 0 Å². The quantitative estimate of drug-likeness (QED) is 0.723. The minimum atomic E-state index is -0.674. The zero-order chi connectivity index (χ0) is 10.8. The maximum absolute atomic E-state index is 13.3. The molecular weight excluding hydrogens is 181 g/mol. The molecule has 1 aromatic rings. The Bertz CT molecular complexity index is 379. The molecular formula is C11H12FNO. The molecule has 0 aliphatic rings. The minimum absolute atomic E-state index is 0.197. The maximum atomic E-state index is 13.3. The molecule has 0 unspecified atom stereocenters. The van der Waals surface area contributed by atoms with Crippen LogP contribution in [-0.4, -0.2) is 7.11 Å². The summed E-state index contributed by atoms with van der Waals surface area (Å²) in [5.41, 5.74) is -0.0223. The highest BCUT2D eigenvalue weighted by Crippen LogP contribution is 2.26. The third-order valence-electron chi connectivity index (χ3n) is 2.15. The second kappa shape index (κ2) is 3.67. The second-order valence-corrected chi connectivity index (χ2v) is 3.59. The van der Waals surface area contributed by atoms with Crippen molar-refractivity contribution in [1.29, 1.82) is 5.26 Å². The Morgan fingerprint density at radius 3 is 2.50 bits per heavy atom. The van der Waals surface area contributed by atoms with Gasteiger partial charge in [0.05, 0.1) is 18.6 Å². The molecule has 74 valence electrons. The number of rotatable bonds is 2. The molecule has 0 saturated heterocycles. The van der Waals surface area contributed by atoms with Crippen LogP contribution in [0.15, 0.2) is 18.2 Å². The van der Waals surface area contributed by atoms with Crippen molar-refractivity contribution in [2.24, 2.45) is 0 Å². The van der Waals surface area contributed by atoms with E-state index in [-0.39, 0.29) is 5.75 Å². The summed E-state index contributed by atoms with van der Waals surface area (Å²) in [6.07, 6.45) is 0. The van der Waals surface area contributed by atoms with Crippen LogP contribution in [0.4, 0.5) is 4.39 Å². The van der Waals surface area contributed by atoms with Crippen molar-refractivity contribution in [1.82, 2.24) is 0 Å². The van der Waals surface area contributed by atoms with Crippen LogP contribution in [0.1, 0.15) is 19.4 Å². The van der Waals surface area contributed by atoms with E-state index in [0.717, 1.165) is 0 Å². The number of ether oxygens (including phenoxy) is 1. The highest BCUT2D eigenvalue weighted by atomic mass is 19.1. The number of hydrogen-bond acceptors (Lipinski definition) is 2. The molecule has 0 spiro atoms. The largest absolute Gasteiger partial charge is 0.494 e. The van der Waals surface area contributed by atoms with Gasteiger partial charge in [0, 0.05) is 0 Å². The molecule has 1 aromatic carbocycles. The van der Waals surface area contributed by atoms with Gasteiger partial charge in [-0.3, -0.25) is 0 Å². The maximum Gasteiger partial charge on any atom is 0.165 e. The summed E-state index contributed by atoms with van der Waals surface area (Å²) in [5, 5.41) is 8.86. The molecule has 1 rings (SSSR count). The normalized spacial score (nSPS) is 10.8. The van der Waals surface area contributed by atoms with Gasteiger partial charge < -0.3 is 4.74 Å². The predicted molar refractivity (Wildman–Crippen MR) is 51.6 cm³/mol. The van der Waals surface area contributed by atoms with Gasteiger partial charge in [-0.2, -0.15) is 5.26 Å². The minimum Gasteiger partial charge on any atom is -0.494 e. The molecule has 0 aromatic heterocycles. The first-order valence-electron chi connectivity index (χ1n) is 4.26. The summed E-state index contributed by atoms with van der Waals surface area (Å²) >= 11 is 0. The van der Waals surface area contributed by atoms with Gasteiger partial charge in [0.2, 0.25) is 0 Å². The van der Waals surface area contributed by atoms with Gasteiger partial charge in [0.25, 0.3) is 0 Å². The van der Waals surface area contributed by atoms with E-state index in [0.29, 0.717) is 5.56 Å². The van der Waals surface area contributed by atoms with E-state index >= 15 is 0 Å². The van der Waals surface area contributed by atoms with Gasteiger partial charge in [-0.25, -0.2) is 4.39 Å². The second-order valence-electron chi connectivity index (χ2n) is 3.59. The van der Waals surface area contributed by atoms with Crippen molar-refractivity contribution < 1.29 is 9.13 Å². The smallest absolute Gasteiger partial charge is 0.165 e. The number of hydrogen-bond donors (Lipinski definition) is 0. The lowest BCUT2D eigenvalue weighted by Crippen LogP contribution is -2.14. The lowest BCUT2D eigenvalue weighted by molar-refractivity contribution is 0.385. The molecule has 0 bridgehead atoms. The molecule has 0 saturated carbocycles. The molecule has 0 heterocycles. The monoisotopic (exact) mass is 193 g/mol. The molecule has 0 radical (unpaired) electrons. The summed E-state index contributed by atoms with van der Waals surface area (Å²) in [6.45, 7) is 3.49. The average Bonchev–Trinajstić information content (AvgIpc) is 2.17. The van der Waals surface area contributed by atoms with Crippen LogP contribution in [0.2, 0.25) is 0 Å². The standard InChI is InChI=1S/C11H12FNO/c1-11(2,7-13)8-4-5-10(14-3)9(12)6-8/h4-6H,1-3H3. The third-order valence-corrected chi connectivity index (χ3v) is 2.15. The van der Waals surface area contributed by atoms with Gasteiger partial charge >= 0.3 is 0 Å². The van der Waals surface area contributed by atoms with Crippen LogP contribution >= 0.6 is 0 Å². The predicted octanol–water partition coefficient (Wildman–Crippen LogP) is 2.64. The first-order valence-corrected chi connectivity index (χ1v) is 4.26. The van der Waals surface area contributed by atoms with Gasteiger partial charge in [-0.15, -0.1) is 0 Å². The van der Waals surface area contributed by atoms with Crippen molar-refractivity contribution in [3.05, 3.63) is 29.6 Å². The Labute approximate surface area is 82.9 Å². The fourth-order valence-corrected chi connectivity index (χ4v) is 1.12.